The van der Waals surface area contributed by atoms with Crippen molar-refractivity contribution in [2.75, 3.05) is 5.01 Å². The highest BCUT2D eigenvalue weighted by molar-refractivity contribution is 6.30. The molecule has 0 saturated heterocycles. The summed E-state index contributed by atoms with van der Waals surface area (Å²) in [6.07, 6.45) is -0.156. The van der Waals surface area contributed by atoms with Crippen molar-refractivity contribution in [2.24, 2.45) is 5.10 Å². The average molecular weight is 258 g/mol. The van der Waals surface area contributed by atoms with Gasteiger partial charge in [-0.05, 0) is 31.6 Å². The lowest BCUT2D eigenvalue weighted by Crippen LogP contribution is -2.22. The molecule has 0 aliphatic carbocycles. The molecule has 0 saturated carbocycles. The highest BCUT2D eigenvalue weighted by Crippen LogP contribution is 2.25. The Morgan fingerprint density at radius 1 is 1.32 bits per heavy atom. The third-order valence-corrected chi connectivity index (χ3v) is 2.86. The number of hydrazone groups is 1. The first-order valence-corrected chi connectivity index (χ1v) is 5.87. The number of carbonyl (C=O) groups is 2. The first-order chi connectivity index (χ1) is 9.00. The molecule has 1 aromatic rings. The first-order valence-electron chi connectivity index (χ1n) is 5.87. The van der Waals surface area contributed by atoms with Crippen LogP contribution in [0.1, 0.15) is 20.3 Å². The molecule has 5 heteroatoms. The number of aliphatic carboxylic acids is 1. The molecule has 1 heterocycles. The van der Waals surface area contributed by atoms with Crippen molar-refractivity contribution >= 4 is 23.3 Å². The van der Waals surface area contributed by atoms with E-state index in [0.717, 1.165) is 0 Å². The quantitative estimate of drug-likeness (QED) is 0.845. The molecule has 1 N–H and O–H groups in total. The number of hydrogen-bond acceptors (Lipinski definition) is 3. The molecular formula is C14H14N2O3. The van der Waals surface area contributed by atoms with Crippen molar-refractivity contribution in [3.05, 3.63) is 41.5 Å². The zero-order valence-corrected chi connectivity index (χ0v) is 10.8. The normalized spacial score (nSPS) is 17.5. The molecule has 19 heavy (non-hydrogen) atoms. The second kappa shape index (κ2) is 5.06. The number of carboxylic acids is 1. The van der Waals surface area contributed by atoms with E-state index in [0.29, 0.717) is 22.5 Å². The van der Waals surface area contributed by atoms with E-state index in [1.54, 1.807) is 26.0 Å². The van der Waals surface area contributed by atoms with E-state index in [-0.39, 0.29) is 12.3 Å². The van der Waals surface area contributed by atoms with Crippen LogP contribution in [0.4, 0.5) is 5.69 Å². The van der Waals surface area contributed by atoms with E-state index in [9.17, 15) is 9.59 Å². The summed E-state index contributed by atoms with van der Waals surface area (Å²) >= 11 is 0. The highest BCUT2D eigenvalue weighted by atomic mass is 16.4. The molecule has 1 amide bonds. The summed E-state index contributed by atoms with van der Waals surface area (Å²) in [7, 11) is 0. The van der Waals surface area contributed by atoms with Crippen LogP contribution in [0.3, 0.4) is 0 Å². The van der Waals surface area contributed by atoms with E-state index < -0.39 is 5.97 Å². The zero-order chi connectivity index (χ0) is 14.0. The Labute approximate surface area is 110 Å². The van der Waals surface area contributed by atoms with Gasteiger partial charge in [0.1, 0.15) is 0 Å². The Balaban J connectivity index is 2.37. The second-order valence-corrected chi connectivity index (χ2v) is 4.36. The zero-order valence-electron chi connectivity index (χ0n) is 10.8. The molecule has 0 atom stereocenters. The van der Waals surface area contributed by atoms with Crippen LogP contribution < -0.4 is 5.01 Å². The maximum atomic E-state index is 12.3. The molecule has 0 bridgehead atoms. The van der Waals surface area contributed by atoms with Gasteiger partial charge in [0.15, 0.2) is 0 Å². The minimum Gasteiger partial charge on any atom is -0.481 e. The summed E-state index contributed by atoms with van der Waals surface area (Å²) in [6, 6.07) is 9.06. The Bertz CT molecular complexity index is 588. The van der Waals surface area contributed by atoms with Gasteiger partial charge in [-0.2, -0.15) is 10.1 Å². The summed E-state index contributed by atoms with van der Waals surface area (Å²) in [6.45, 7) is 3.36. The van der Waals surface area contributed by atoms with E-state index in [1.165, 1.54) is 5.01 Å². The van der Waals surface area contributed by atoms with Crippen molar-refractivity contribution in [1.29, 1.82) is 0 Å². The molecule has 0 radical (unpaired) electrons. The van der Waals surface area contributed by atoms with Crippen molar-refractivity contribution in [3.8, 4) is 0 Å². The average Bonchev–Trinajstić information content (AvgIpc) is 2.65. The fourth-order valence-corrected chi connectivity index (χ4v) is 2.06. The molecule has 1 aromatic carbocycles. The minimum absolute atomic E-state index is 0.156. The van der Waals surface area contributed by atoms with Crippen LogP contribution in [0.5, 0.6) is 0 Å². The van der Waals surface area contributed by atoms with Gasteiger partial charge in [-0.15, -0.1) is 0 Å². The number of carbonyl (C=O) groups excluding carboxylic acids is 1. The van der Waals surface area contributed by atoms with Crippen LogP contribution in [0.15, 0.2) is 46.6 Å². The van der Waals surface area contributed by atoms with Gasteiger partial charge in [-0.1, -0.05) is 18.2 Å². The van der Waals surface area contributed by atoms with Gasteiger partial charge >= 0.3 is 5.97 Å². The monoisotopic (exact) mass is 258 g/mol. The maximum absolute atomic E-state index is 12.3. The molecule has 0 fully saturated rings. The Morgan fingerprint density at radius 3 is 2.53 bits per heavy atom. The first kappa shape index (κ1) is 13.0. The van der Waals surface area contributed by atoms with E-state index in [4.69, 9.17) is 5.11 Å². The molecule has 2 rings (SSSR count). The van der Waals surface area contributed by atoms with E-state index in [2.05, 4.69) is 5.10 Å². The second-order valence-electron chi connectivity index (χ2n) is 4.36. The standard InChI is InChI=1S/C14H14N2O3/c1-9(8-12(17)18)13-10(2)15-16(14(13)19)11-6-4-3-5-7-11/h3-7H,8H2,1-2H3,(H,17,18). The molecule has 0 unspecified atom stereocenters. The molecule has 1 aliphatic rings. The van der Waals surface area contributed by atoms with Gasteiger partial charge in [-0.3, -0.25) is 9.59 Å². The summed E-state index contributed by atoms with van der Waals surface area (Å²) < 4.78 is 0. The molecule has 0 spiro atoms. The van der Waals surface area contributed by atoms with E-state index in [1.807, 2.05) is 18.2 Å². The van der Waals surface area contributed by atoms with Crippen LogP contribution in [0.2, 0.25) is 0 Å². The van der Waals surface area contributed by atoms with Gasteiger partial charge in [0.05, 0.1) is 23.4 Å². The number of rotatable bonds is 3. The van der Waals surface area contributed by atoms with Crippen LogP contribution in [-0.2, 0) is 9.59 Å². The highest BCUT2D eigenvalue weighted by Gasteiger charge is 2.30. The number of nitrogens with zero attached hydrogens (tertiary/aromatic N) is 2. The topological polar surface area (TPSA) is 70.0 Å². The van der Waals surface area contributed by atoms with Gasteiger partial charge in [0, 0.05) is 0 Å². The van der Waals surface area contributed by atoms with Crippen molar-refractivity contribution in [3.63, 3.8) is 0 Å². The molecule has 1 aliphatic heterocycles. The van der Waals surface area contributed by atoms with Crippen LogP contribution in [-0.4, -0.2) is 22.7 Å². The van der Waals surface area contributed by atoms with E-state index >= 15 is 0 Å². The summed E-state index contributed by atoms with van der Waals surface area (Å²) in [5, 5.41) is 14.3. The Hall–Kier alpha value is -2.43. The largest absolute Gasteiger partial charge is 0.481 e. The van der Waals surface area contributed by atoms with Crippen LogP contribution in [0.25, 0.3) is 0 Å². The number of carboxylic acid groups (broad SMARTS) is 1. The lowest BCUT2D eigenvalue weighted by molar-refractivity contribution is -0.136. The fraction of sp³-hybridized carbons (Fsp3) is 0.214. The van der Waals surface area contributed by atoms with Crippen molar-refractivity contribution in [1.82, 2.24) is 0 Å². The molecular weight excluding hydrogens is 244 g/mol. The van der Waals surface area contributed by atoms with Gasteiger partial charge in [0.2, 0.25) is 0 Å². The molecule has 0 aromatic heterocycles. The van der Waals surface area contributed by atoms with Gasteiger partial charge in [-0.25, -0.2) is 0 Å². The number of hydrogen-bond donors (Lipinski definition) is 1. The van der Waals surface area contributed by atoms with Crippen molar-refractivity contribution < 1.29 is 14.7 Å². The predicted molar refractivity (Wildman–Crippen MR) is 72.0 cm³/mol. The smallest absolute Gasteiger partial charge is 0.307 e. The molecule has 98 valence electrons. The summed E-state index contributed by atoms with van der Waals surface area (Å²) in [4.78, 5) is 23.0. The number of para-hydroxylation sites is 1. The third kappa shape index (κ3) is 2.54. The lowest BCUT2D eigenvalue weighted by atomic mass is 10.0. The number of benzene rings is 1. The maximum Gasteiger partial charge on any atom is 0.307 e. The lowest BCUT2D eigenvalue weighted by Gasteiger charge is -2.11. The summed E-state index contributed by atoms with van der Waals surface area (Å²) in [5.74, 6) is -1.23. The predicted octanol–water partition coefficient (Wildman–Crippen LogP) is 2.20. The van der Waals surface area contributed by atoms with Crippen molar-refractivity contribution in [2.45, 2.75) is 20.3 Å². The van der Waals surface area contributed by atoms with Gasteiger partial charge in [0.25, 0.3) is 5.91 Å². The Morgan fingerprint density at radius 2 is 1.95 bits per heavy atom. The van der Waals surface area contributed by atoms with Gasteiger partial charge < -0.3 is 5.11 Å². The number of anilines is 1. The number of amides is 1. The molecule has 5 nitrogen and oxygen atoms in total. The van der Waals surface area contributed by atoms with Crippen LogP contribution in [0, 0.1) is 0 Å². The Kier molecular flexibility index (Phi) is 3.46. The van der Waals surface area contributed by atoms with Crippen LogP contribution >= 0.6 is 0 Å². The fourth-order valence-electron chi connectivity index (χ4n) is 2.06. The summed E-state index contributed by atoms with van der Waals surface area (Å²) in [5.41, 5.74) is 2.14. The third-order valence-electron chi connectivity index (χ3n) is 2.86. The SMILES string of the molecule is CC1=NN(c2ccccc2)C(=O)C1=C(C)CC(=O)O. The minimum atomic E-state index is -0.955.